The Hall–Kier alpha value is -2.83. The van der Waals surface area contributed by atoms with Gasteiger partial charge in [-0.3, -0.25) is 9.78 Å². The Labute approximate surface area is 158 Å². The van der Waals surface area contributed by atoms with Gasteiger partial charge >= 0.3 is 0 Å². The Bertz CT molecular complexity index is 977. The lowest BCUT2D eigenvalue weighted by atomic mass is 10.0. The van der Waals surface area contributed by atoms with Crippen LogP contribution < -0.4 is 15.8 Å². The molecule has 1 saturated heterocycles. The second kappa shape index (κ2) is 6.72. The Morgan fingerprint density at radius 1 is 1.15 bits per heavy atom. The molecule has 0 aliphatic carbocycles. The first-order valence-electron chi connectivity index (χ1n) is 9.47. The molecular formula is C20H26N6O. The molecule has 1 aromatic carbocycles. The number of piperidine rings is 1. The fourth-order valence-electron chi connectivity index (χ4n) is 3.59. The van der Waals surface area contributed by atoms with Crippen LogP contribution in [0.25, 0.3) is 11.0 Å². The van der Waals surface area contributed by atoms with Crippen LogP contribution in [0.5, 0.6) is 0 Å². The molecule has 7 heteroatoms. The fourth-order valence-corrected chi connectivity index (χ4v) is 3.59. The van der Waals surface area contributed by atoms with Crippen molar-refractivity contribution in [3.63, 3.8) is 0 Å². The Balaban J connectivity index is 1.50. The van der Waals surface area contributed by atoms with Crippen LogP contribution >= 0.6 is 0 Å². The van der Waals surface area contributed by atoms with Gasteiger partial charge in [0.2, 0.25) is 5.95 Å². The number of hydrogen-bond acceptors (Lipinski definition) is 5. The van der Waals surface area contributed by atoms with E-state index < -0.39 is 0 Å². The van der Waals surface area contributed by atoms with E-state index in [9.17, 15) is 4.79 Å². The molecule has 0 saturated carbocycles. The summed E-state index contributed by atoms with van der Waals surface area (Å²) in [5, 5.41) is 8.30. The molecule has 2 N–H and O–H groups in total. The van der Waals surface area contributed by atoms with Gasteiger partial charge in [0.25, 0.3) is 5.56 Å². The highest BCUT2D eigenvalue weighted by atomic mass is 16.1. The second-order valence-corrected chi connectivity index (χ2v) is 8.12. The van der Waals surface area contributed by atoms with Crippen molar-refractivity contribution in [1.29, 1.82) is 0 Å². The summed E-state index contributed by atoms with van der Waals surface area (Å²) >= 11 is 0. The van der Waals surface area contributed by atoms with Crippen LogP contribution in [-0.4, -0.2) is 38.9 Å². The summed E-state index contributed by atoms with van der Waals surface area (Å²) in [6.45, 7) is 8.11. The number of aromatic amines is 1. The molecule has 1 aliphatic rings. The monoisotopic (exact) mass is 366 g/mol. The summed E-state index contributed by atoms with van der Waals surface area (Å²) in [7, 11) is 0. The molecule has 0 radical (unpaired) electrons. The lowest BCUT2D eigenvalue weighted by Gasteiger charge is -2.34. The van der Waals surface area contributed by atoms with E-state index in [1.54, 1.807) is 10.9 Å². The molecule has 3 heterocycles. The predicted octanol–water partition coefficient (Wildman–Crippen LogP) is 2.96. The largest absolute Gasteiger partial charge is 0.371 e. The molecule has 0 atom stereocenters. The van der Waals surface area contributed by atoms with E-state index in [0.29, 0.717) is 17.0 Å². The van der Waals surface area contributed by atoms with E-state index in [0.717, 1.165) is 25.9 Å². The van der Waals surface area contributed by atoms with Crippen molar-refractivity contribution in [3.05, 3.63) is 46.9 Å². The molecule has 7 nitrogen and oxygen atoms in total. The molecule has 27 heavy (non-hydrogen) atoms. The number of H-pyrrole nitrogens is 1. The van der Waals surface area contributed by atoms with E-state index in [-0.39, 0.29) is 17.1 Å². The quantitative estimate of drug-likeness (QED) is 0.745. The minimum atomic E-state index is -0.235. The molecular weight excluding hydrogens is 340 g/mol. The molecule has 2 aromatic heterocycles. The molecule has 0 bridgehead atoms. The molecule has 0 unspecified atom stereocenters. The summed E-state index contributed by atoms with van der Waals surface area (Å²) in [6, 6.07) is 10.8. The number of rotatable bonds is 3. The maximum atomic E-state index is 12.4. The first-order valence-corrected chi connectivity index (χ1v) is 9.47. The lowest BCUT2D eigenvalue weighted by molar-refractivity contribution is 0.366. The standard InChI is InChI=1S/C20H26N6O/c1-20(2,3)26-17-16(13-21-26)18(27)24-19(23-17)22-14-9-11-25(12-10-14)15-7-5-4-6-8-15/h4-8,13-14H,9-12H2,1-3H3,(H2,22,23,24,27). The Morgan fingerprint density at radius 2 is 1.85 bits per heavy atom. The summed E-state index contributed by atoms with van der Waals surface area (Å²) in [5.74, 6) is 0.525. The van der Waals surface area contributed by atoms with Gasteiger partial charge < -0.3 is 10.2 Å². The maximum Gasteiger partial charge on any atom is 0.263 e. The van der Waals surface area contributed by atoms with Crippen LogP contribution in [0.15, 0.2) is 41.3 Å². The topological polar surface area (TPSA) is 78.8 Å². The van der Waals surface area contributed by atoms with Crippen molar-refractivity contribution in [1.82, 2.24) is 19.7 Å². The normalized spacial score (nSPS) is 16.0. The summed E-state index contributed by atoms with van der Waals surface area (Å²) in [6.07, 6.45) is 3.58. The summed E-state index contributed by atoms with van der Waals surface area (Å²) < 4.78 is 1.81. The molecule has 0 amide bonds. The van der Waals surface area contributed by atoms with Gasteiger partial charge in [-0.1, -0.05) is 18.2 Å². The van der Waals surface area contributed by atoms with Crippen molar-refractivity contribution in [3.8, 4) is 0 Å². The van der Waals surface area contributed by atoms with Crippen LogP contribution in [0, 0.1) is 0 Å². The number of nitrogens with zero attached hydrogens (tertiary/aromatic N) is 4. The average Bonchev–Trinajstić information content (AvgIpc) is 3.08. The minimum absolute atomic E-state index is 0.153. The van der Waals surface area contributed by atoms with E-state index in [1.807, 2.05) is 6.07 Å². The van der Waals surface area contributed by atoms with Gasteiger partial charge in [0, 0.05) is 24.8 Å². The molecule has 4 rings (SSSR count). The number of anilines is 2. The zero-order valence-corrected chi connectivity index (χ0v) is 16.1. The van der Waals surface area contributed by atoms with E-state index in [1.165, 1.54) is 5.69 Å². The zero-order valence-electron chi connectivity index (χ0n) is 16.1. The average molecular weight is 366 g/mol. The van der Waals surface area contributed by atoms with Crippen molar-refractivity contribution >= 4 is 22.7 Å². The number of para-hydroxylation sites is 1. The molecule has 1 aliphatic heterocycles. The van der Waals surface area contributed by atoms with Gasteiger partial charge in [-0.2, -0.15) is 10.1 Å². The molecule has 1 fully saturated rings. The number of benzene rings is 1. The highest BCUT2D eigenvalue weighted by Crippen LogP contribution is 2.22. The maximum absolute atomic E-state index is 12.4. The highest BCUT2D eigenvalue weighted by molar-refractivity contribution is 5.74. The van der Waals surface area contributed by atoms with Crippen LogP contribution in [0.3, 0.4) is 0 Å². The van der Waals surface area contributed by atoms with Gasteiger partial charge in [0.05, 0.1) is 11.7 Å². The summed E-state index contributed by atoms with van der Waals surface area (Å²) in [5.41, 5.74) is 1.49. The van der Waals surface area contributed by atoms with Gasteiger partial charge in [-0.25, -0.2) is 4.68 Å². The van der Waals surface area contributed by atoms with E-state index >= 15 is 0 Å². The van der Waals surface area contributed by atoms with E-state index in [2.05, 4.69) is 70.3 Å². The second-order valence-electron chi connectivity index (χ2n) is 8.12. The molecule has 3 aromatic rings. The van der Waals surface area contributed by atoms with Crippen LogP contribution in [0.1, 0.15) is 33.6 Å². The van der Waals surface area contributed by atoms with Crippen molar-refractivity contribution in [2.75, 3.05) is 23.3 Å². The van der Waals surface area contributed by atoms with Crippen molar-refractivity contribution in [2.24, 2.45) is 0 Å². The highest BCUT2D eigenvalue weighted by Gasteiger charge is 2.22. The number of nitrogens with one attached hydrogen (secondary N) is 2. The third-order valence-corrected chi connectivity index (χ3v) is 5.03. The SMILES string of the molecule is CC(C)(C)n1ncc2c(=O)[nH]c(NC3CCN(c4ccccc4)CC3)nc21. The van der Waals surface area contributed by atoms with Gasteiger partial charge in [-0.15, -0.1) is 0 Å². The first-order chi connectivity index (χ1) is 12.9. The van der Waals surface area contributed by atoms with Gasteiger partial charge in [-0.05, 0) is 45.7 Å². The van der Waals surface area contributed by atoms with Crippen molar-refractivity contribution < 1.29 is 0 Å². The first kappa shape index (κ1) is 17.6. The summed E-state index contributed by atoms with van der Waals surface area (Å²) in [4.78, 5) is 22.3. The van der Waals surface area contributed by atoms with Gasteiger partial charge in [0.1, 0.15) is 5.39 Å². The fraction of sp³-hybridized carbons (Fsp3) is 0.450. The van der Waals surface area contributed by atoms with Crippen LogP contribution in [0.2, 0.25) is 0 Å². The van der Waals surface area contributed by atoms with Gasteiger partial charge in [0.15, 0.2) is 5.65 Å². The zero-order chi connectivity index (χ0) is 19.0. The Kier molecular flexibility index (Phi) is 4.37. The van der Waals surface area contributed by atoms with Crippen LogP contribution in [-0.2, 0) is 5.54 Å². The minimum Gasteiger partial charge on any atom is -0.371 e. The number of hydrogen-bond donors (Lipinski definition) is 2. The Morgan fingerprint density at radius 3 is 2.52 bits per heavy atom. The lowest BCUT2D eigenvalue weighted by Crippen LogP contribution is -2.39. The third kappa shape index (κ3) is 3.54. The smallest absolute Gasteiger partial charge is 0.263 e. The number of fused-ring (bicyclic) bond motifs is 1. The molecule has 0 spiro atoms. The molecule has 142 valence electrons. The van der Waals surface area contributed by atoms with Crippen molar-refractivity contribution in [2.45, 2.75) is 45.2 Å². The third-order valence-electron chi connectivity index (χ3n) is 5.03. The van der Waals surface area contributed by atoms with E-state index in [4.69, 9.17) is 0 Å². The van der Waals surface area contributed by atoms with Crippen LogP contribution in [0.4, 0.5) is 11.6 Å². The number of aromatic nitrogens is 4. The predicted molar refractivity (Wildman–Crippen MR) is 108 cm³/mol.